The van der Waals surface area contributed by atoms with Crippen LogP contribution in [0.4, 0.5) is 0 Å². The van der Waals surface area contributed by atoms with Gasteiger partial charge in [0, 0.05) is 12.1 Å². The van der Waals surface area contributed by atoms with Gasteiger partial charge in [-0.05, 0) is 44.6 Å². The number of hydrogen-bond acceptors (Lipinski definition) is 3. The summed E-state index contributed by atoms with van der Waals surface area (Å²) >= 11 is 0. The van der Waals surface area contributed by atoms with Gasteiger partial charge in [0.05, 0.1) is 5.75 Å². The Hall–Kier alpha value is -0.130. The van der Waals surface area contributed by atoms with Crippen molar-refractivity contribution in [2.24, 2.45) is 5.92 Å². The lowest BCUT2D eigenvalue weighted by Gasteiger charge is -2.06. The Morgan fingerprint density at radius 1 is 1.24 bits per heavy atom. The van der Waals surface area contributed by atoms with Crippen LogP contribution in [0.15, 0.2) is 0 Å². The van der Waals surface area contributed by atoms with E-state index in [0.29, 0.717) is 5.92 Å². The van der Waals surface area contributed by atoms with Crippen LogP contribution < -0.4 is 10.0 Å². The van der Waals surface area contributed by atoms with Crippen LogP contribution in [0.2, 0.25) is 0 Å². The second-order valence-corrected chi connectivity index (χ2v) is 7.26. The van der Waals surface area contributed by atoms with Gasteiger partial charge in [-0.25, -0.2) is 13.1 Å². The third kappa shape index (κ3) is 4.94. The number of nitrogens with one attached hydrogen (secondary N) is 2. The summed E-state index contributed by atoms with van der Waals surface area (Å²) in [5.74, 6) is 0.869. The van der Waals surface area contributed by atoms with Gasteiger partial charge in [-0.1, -0.05) is 13.3 Å². The third-order valence-electron chi connectivity index (χ3n) is 3.63. The van der Waals surface area contributed by atoms with Crippen LogP contribution >= 0.6 is 0 Å². The summed E-state index contributed by atoms with van der Waals surface area (Å²) in [6, 6.07) is 0.955. The normalized spacial score (nSPS) is 28.3. The van der Waals surface area contributed by atoms with Crippen LogP contribution in [-0.2, 0) is 10.0 Å². The molecule has 5 heteroatoms. The summed E-state index contributed by atoms with van der Waals surface area (Å²) in [4.78, 5) is 0. The van der Waals surface area contributed by atoms with Crippen molar-refractivity contribution in [1.82, 2.24) is 10.0 Å². The molecule has 4 nitrogen and oxygen atoms in total. The van der Waals surface area contributed by atoms with Gasteiger partial charge < -0.3 is 5.32 Å². The molecule has 2 saturated carbocycles. The topological polar surface area (TPSA) is 58.2 Å². The molecule has 0 amide bonds. The van der Waals surface area contributed by atoms with Crippen LogP contribution in [0.5, 0.6) is 0 Å². The first-order valence-electron chi connectivity index (χ1n) is 6.84. The highest BCUT2D eigenvalue weighted by Crippen LogP contribution is 2.33. The summed E-state index contributed by atoms with van der Waals surface area (Å²) in [6.07, 6.45) is 6.41. The van der Waals surface area contributed by atoms with Gasteiger partial charge in [-0.15, -0.1) is 0 Å². The lowest BCUT2D eigenvalue weighted by molar-refractivity contribution is 0.568. The lowest BCUT2D eigenvalue weighted by atomic mass is 10.3. The zero-order chi connectivity index (χ0) is 12.3. The summed E-state index contributed by atoms with van der Waals surface area (Å²) in [6.45, 7) is 3.07. The average molecular weight is 260 g/mol. The Morgan fingerprint density at radius 2 is 2.00 bits per heavy atom. The molecule has 2 fully saturated rings. The zero-order valence-electron chi connectivity index (χ0n) is 10.6. The maximum atomic E-state index is 11.7. The summed E-state index contributed by atoms with van der Waals surface area (Å²) in [7, 11) is -3.02. The molecule has 17 heavy (non-hydrogen) atoms. The molecule has 0 radical (unpaired) electrons. The first-order valence-corrected chi connectivity index (χ1v) is 8.49. The molecule has 2 aliphatic carbocycles. The van der Waals surface area contributed by atoms with Gasteiger partial charge in [-0.3, -0.25) is 0 Å². The standard InChI is InChI=1S/C12H24N2O2S/c1-2-10-9-12(10)14-17(15,16)8-4-3-7-13-11-5-6-11/h10-14H,2-9H2,1H3. The molecule has 0 heterocycles. The number of hydrogen-bond donors (Lipinski definition) is 2. The second kappa shape index (κ2) is 5.67. The van der Waals surface area contributed by atoms with E-state index in [2.05, 4.69) is 17.0 Å². The molecule has 0 aromatic heterocycles. The molecule has 2 N–H and O–H groups in total. The largest absolute Gasteiger partial charge is 0.314 e. The maximum absolute atomic E-state index is 11.7. The minimum Gasteiger partial charge on any atom is -0.314 e. The molecule has 2 unspecified atom stereocenters. The highest BCUT2D eigenvalue weighted by molar-refractivity contribution is 7.89. The van der Waals surface area contributed by atoms with Gasteiger partial charge in [0.1, 0.15) is 0 Å². The van der Waals surface area contributed by atoms with Crippen LogP contribution in [-0.4, -0.2) is 32.8 Å². The Kier molecular flexibility index (Phi) is 4.44. The minimum atomic E-state index is -3.02. The molecule has 0 aliphatic heterocycles. The number of rotatable bonds is 9. The molecular weight excluding hydrogens is 236 g/mol. The average Bonchev–Trinajstić information content (AvgIpc) is 3.12. The van der Waals surface area contributed by atoms with Gasteiger partial charge in [-0.2, -0.15) is 0 Å². The van der Waals surface area contributed by atoms with Gasteiger partial charge in [0.2, 0.25) is 10.0 Å². The Bertz CT molecular complexity index is 338. The molecule has 2 aliphatic rings. The van der Waals surface area contributed by atoms with Crippen LogP contribution in [0.1, 0.15) is 45.4 Å². The highest BCUT2D eigenvalue weighted by Gasteiger charge is 2.37. The number of unbranched alkanes of at least 4 members (excludes halogenated alkanes) is 1. The molecule has 0 spiro atoms. The van der Waals surface area contributed by atoms with Crippen molar-refractivity contribution in [2.45, 2.75) is 57.5 Å². The first kappa shape index (κ1) is 13.3. The number of sulfonamides is 1. The van der Waals surface area contributed by atoms with E-state index in [-0.39, 0.29) is 11.8 Å². The van der Waals surface area contributed by atoms with Crippen molar-refractivity contribution in [1.29, 1.82) is 0 Å². The molecule has 100 valence electrons. The summed E-state index contributed by atoms with van der Waals surface area (Å²) < 4.78 is 26.2. The fraction of sp³-hybridized carbons (Fsp3) is 1.00. The van der Waals surface area contributed by atoms with Crippen LogP contribution in [0.25, 0.3) is 0 Å². The Balaban J connectivity index is 1.53. The summed E-state index contributed by atoms with van der Waals surface area (Å²) in [5, 5.41) is 3.40. The predicted octanol–water partition coefficient (Wildman–Crippen LogP) is 1.24. The van der Waals surface area contributed by atoms with E-state index in [4.69, 9.17) is 0 Å². The SMILES string of the molecule is CCC1CC1NS(=O)(=O)CCCCNC1CC1. The van der Waals surface area contributed by atoms with E-state index >= 15 is 0 Å². The van der Waals surface area contributed by atoms with E-state index in [1.807, 2.05) is 0 Å². The van der Waals surface area contributed by atoms with Crippen LogP contribution in [0, 0.1) is 5.92 Å². The van der Waals surface area contributed by atoms with Crippen molar-refractivity contribution >= 4 is 10.0 Å². The zero-order valence-corrected chi connectivity index (χ0v) is 11.4. The lowest BCUT2D eigenvalue weighted by Crippen LogP contribution is -2.29. The monoisotopic (exact) mass is 260 g/mol. The molecule has 0 saturated heterocycles. The van der Waals surface area contributed by atoms with Gasteiger partial charge >= 0.3 is 0 Å². The summed E-state index contributed by atoms with van der Waals surface area (Å²) in [5.41, 5.74) is 0. The highest BCUT2D eigenvalue weighted by atomic mass is 32.2. The van der Waals surface area contributed by atoms with E-state index in [0.717, 1.165) is 38.3 Å². The smallest absolute Gasteiger partial charge is 0.211 e. The van der Waals surface area contributed by atoms with E-state index in [9.17, 15) is 8.42 Å². The van der Waals surface area contributed by atoms with Crippen molar-refractivity contribution in [3.63, 3.8) is 0 Å². The maximum Gasteiger partial charge on any atom is 0.211 e. The van der Waals surface area contributed by atoms with E-state index < -0.39 is 10.0 Å². The Morgan fingerprint density at radius 3 is 2.59 bits per heavy atom. The second-order valence-electron chi connectivity index (χ2n) is 5.38. The molecular formula is C12H24N2O2S. The molecule has 2 atom stereocenters. The van der Waals surface area contributed by atoms with Gasteiger partial charge in [0.15, 0.2) is 0 Å². The van der Waals surface area contributed by atoms with Crippen molar-refractivity contribution in [3.8, 4) is 0 Å². The quantitative estimate of drug-likeness (QED) is 0.613. The van der Waals surface area contributed by atoms with E-state index in [1.54, 1.807) is 0 Å². The molecule has 0 aromatic rings. The van der Waals surface area contributed by atoms with E-state index in [1.165, 1.54) is 12.8 Å². The Labute approximate surface area is 105 Å². The fourth-order valence-corrected chi connectivity index (χ4v) is 3.60. The van der Waals surface area contributed by atoms with Crippen molar-refractivity contribution in [3.05, 3.63) is 0 Å². The fourth-order valence-electron chi connectivity index (χ4n) is 2.14. The third-order valence-corrected chi connectivity index (χ3v) is 5.12. The molecule has 0 bridgehead atoms. The van der Waals surface area contributed by atoms with Crippen molar-refractivity contribution in [2.75, 3.05) is 12.3 Å². The van der Waals surface area contributed by atoms with Gasteiger partial charge in [0.25, 0.3) is 0 Å². The first-order chi connectivity index (χ1) is 8.11. The predicted molar refractivity (Wildman–Crippen MR) is 69.4 cm³/mol. The van der Waals surface area contributed by atoms with Crippen LogP contribution in [0.3, 0.4) is 0 Å². The molecule has 2 rings (SSSR count). The molecule has 0 aromatic carbocycles. The minimum absolute atomic E-state index is 0.231. The van der Waals surface area contributed by atoms with Crippen molar-refractivity contribution < 1.29 is 8.42 Å².